The minimum atomic E-state index is 0. The first-order valence-electron chi connectivity index (χ1n) is 0.123. The fraction of sp³-hybridized carbons (Fsp3) is 0. The largest absolute Gasteiger partial charge is 0 e. The molecule has 0 rings (SSSR count). The van der Waals surface area contributed by atoms with Gasteiger partial charge in [0.1, 0.15) is 0 Å². The van der Waals surface area contributed by atoms with E-state index < -0.39 is 0 Å². The Balaban J connectivity index is -0.000000000833. The molecule has 0 aromatic rings. The van der Waals surface area contributed by atoms with Crippen molar-refractivity contribution in [3.05, 3.63) is 0 Å². The first-order chi connectivity index (χ1) is 1.00. The van der Waals surface area contributed by atoms with Gasteiger partial charge in [-0.1, -0.05) is 0 Å². The summed E-state index contributed by atoms with van der Waals surface area (Å²) in [5.41, 5.74) is 0. The maximum atomic E-state index is 8.06. The van der Waals surface area contributed by atoms with Crippen molar-refractivity contribution in [2.75, 3.05) is 0 Å². The topological polar surface area (TPSA) is 17.1 Å². The Morgan fingerprint density at radius 1 is 1.17 bits per heavy atom. The van der Waals surface area contributed by atoms with Gasteiger partial charge in [0.25, 0.3) is 0 Å². The third-order valence-corrected chi connectivity index (χ3v) is 0. The van der Waals surface area contributed by atoms with E-state index >= 15 is 0 Å². The zero-order valence-corrected chi connectivity index (χ0v) is 14.2. The van der Waals surface area contributed by atoms with Crippen LogP contribution in [0.15, 0.2) is 0 Å². The Morgan fingerprint density at radius 3 is 1.17 bits per heavy atom. The average Bonchev–Trinajstić information content (AvgIpc) is 1.00. The molecule has 0 aliphatic carbocycles. The maximum absolute atomic E-state index is 8.06. The van der Waals surface area contributed by atoms with E-state index in [-0.39, 0.29) is 146 Å². The molecular weight excluding hydrogens is 632 g/mol. The molecule has 0 fully saturated rings. The molecule has 44 valence electrons. The fourth-order valence-corrected chi connectivity index (χ4v) is 0. The van der Waals surface area contributed by atoms with Crippen molar-refractivity contribution in [3.63, 3.8) is 0 Å². The second kappa shape index (κ2) is 31.7. The predicted molar refractivity (Wildman–Crippen MR) is 6.44 cm³/mol. The molecule has 0 aliphatic heterocycles. The Morgan fingerprint density at radius 2 is 1.17 bits per heavy atom. The van der Waals surface area contributed by atoms with Crippen LogP contribution in [0.3, 0.4) is 0 Å². The fourth-order valence-electron chi connectivity index (χ4n) is 0. The van der Waals surface area contributed by atoms with E-state index in [4.69, 9.17) is 3.25 Å². The summed E-state index contributed by atoms with van der Waals surface area (Å²) in [7, 11) is 0. The number of hydrogen-bond acceptors (Lipinski definition) is 1. The zero-order valence-electron chi connectivity index (χ0n) is 2.48. The third-order valence-electron chi connectivity index (χ3n) is 0. The molecule has 0 N–H and O–H groups in total. The summed E-state index contributed by atoms with van der Waals surface area (Å²) < 4.78 is 8.06. The Kier molecular flexibility index (Phi) is 160. The minimum Gasteiger partial charge on any atom is 0 e. The van der Waals surface area contributed by atoms with Gasteiger partial charge in [0.05, 0.1) is 0 Å². The molecule has 0 heterocycles. The average molecular weight is 632 g/mol. The van der Waals surface area contributed by atoms with E-state index in [1.807, 2.05) is 0 Å². The van der Waals surface area contributed by atoms with Gasteiger partial charge in [-0.25, -0.2) is 0 Å². The first kappa shape index (κ1) is 30.2. The van der Waals surface area contributed by atoms with Crippen molar-refractivity contribution in [2.24, 2.45) is 0 Å². The van der Waals surface area contributed by atoms with Crippen LogP contribution < -0.4 is 0 Å². The molecule has 0 aromatic heterocycles. The number of hydrogen-bond donors (Lipinski definition) is 0. The van der Waals surface area contributed by atoms with E-state index in [1.165, 1.54) is 0 Å². The van der Waals surface area contributed by atoms with Crippen LogP contribution in [0.1, 0.15) is 0 Å². The van der Waals surface area contributed by atoms with E-state index in [0.29, 0.717) is 0 Å². The van der Waals surface area contributed by atoms with Crippen LogP contribution in [0.4, 0.5) is 0 Å². The molecule has 1 nitrogen and oxygen atoms in total. The normalized spacial score (nSPS) is 1.00. The van der Waals surface area contributed by atoms with Gasteiger partial charge in [-0.2, -0.15) is 0 Å². The van der Waals surface area contributed by atoms with Crippen LogP contribution in [-0.4, -0.2) is 48.9 Å². The second-order valence-corrected chi connectivity index (χ2v) is 0. The molecule has 6 heavy (non-hydrogen) atoms. The maximum Gasteiger partial charge on any atom is 0 e. The van der Waals surface area contributed by atoms with Crippen LogP contribution in [0.25, 0.3) is 0 Å². The van der Waals surface area contributed by atoms with Gasteiger partial charge in [0, 0.05) is 146 Å². The summed E-state index contributed by atoms with van der Waals surface area (Å²) in [5.74, 6) is 0. The van der Waals surface area contributed by atoms with Gasteiger partial charge in [-0.15, -0.1) is 0 Å². The Hall–Kier alpha value is 5.29. The molecule has 0 atom stereocenters. The molecule has 0 aromatic carbocycles. The molecule has 6 heteroatoms. The van der Waals surface area contributed by atoms with Crippen molar-refractivity contribution in [1.29, 1.82) is 0 Å². The van der Waals surface area contributed by atoms with Crippen molar-refractivity contribution in [1.82, 2.24) is 0 Å². The van der Waals surface area contributed by atoms with Crippen LogP contribution in [0.5, 0.6) is 0 Å². The van der Waals surface area contributed by atoms with Gasteiger partial charge >= 0.3 is 24.3 Å². The first-order valence-corrected chi connectivity index (χ1v) is 0.728. The smallest absolute Gasteiger partial charge is 0 e. The van der Waals surface area contributed by atoms with Gasteiger partial charge in [0.2, 0.25) is 0 Å². The SMILES string of the molecule is [Ba].[Cu].[Gd].[O]=[Ag].[Sm]. The summed E-state index contributed by atoms with van der Waals surface area (Å²) >= 11 is 1.70. The molecule has 0 saturated heterocycles. The van der Waals surface area contributed by atoms with Crippen molar-refractivity contribution < 1.29 is 122 Å². The minimum absolute atomic E-state index is 0. The number of rotatable bonds is 0. The Bertz CT molecular complexity index is 15.5. The summed E-state index contributed by atoms with van der Waals surface area (Å²) in [5, 5.41) is 0. The standard InChI is InChI=1S/Ag.Ba.Cu.Gd.O.Sm. The summed E-state index contributed by atoms with van der Waals surface area (Å²) in [4.78, 5) is 0. The molecule has 0 spiro atoms. The van der Waals surface area contributed by atoms with Crippen LogP contribution >= 0.6 is 0 Å². The van der Waals surface area contributed by atoms with Crippen molar-refractivity contribution in [2.45, 2.75) is 0 Å². The molecular formula is AgBaCuGdOSm. The van der Waals surface area contributed by atoms with Gasteiger partial charge in [0.15, 0.2) is 0 Å². The van der Waals surface area contributed by atoms with E-state index in [0.717, 1.165) is 0 Å². The van der Waals surface area contributed by atoms with E-state index in [1.54, 1.807) is 21.0 Å². The summed E-state index contributed by atoms with van der Waals surface area (Å²) in [6, 6.07) is 0. The summed E-state index contributed by atoms with van der Waals surface area (Å²) in [6.45, 7) is 0. The molecule has 3 radical (unpaired) electrons. The molecule has 0 bridgehead atoms. The van der Waals surface area contributed by atoms with Crippen LogP contribution in [0.2, 0.25) is 0 Å². The van der Waals surface area contributed by atoms with E-state index in [9.17, 15) is 0 Å². The Labute approximate surface area is 165 Å². The van der Waals surface area contributed by atoms with Crippen LogP contribution in [0, 0.1) is 80.3 Å². The molecule has 0 aliphatic rings. The monoisotopic (exact) mass is 634 g/mol. The zero-order chi connectivity index (χ0) is 2.00. The van der Waals surface area contributed by atoms with Crippen LogP contribution in [-0.2, 0) is 41.4 Å². The van der Waals surface area contributed by atoms with Crippen molar-refractivity contribution >= 4 is 48.9 Å². The predicted octanol–water partition coefficient (Wildman–Crippen LogP) is -0.505. The molecule has 0 saturated carbocycles. The van der Waals surface area contributed by atoms with Gasteiger partial charge in [-0.3, -0.25) is 0 Å². The van der Waals surface area contributed by atoms with Gasteiger partial charge < -0.3 is 0 Å². The van der Waals surface area contributed by atoms with Gasteiger partial charge in [-0.05, 0) is 0 Å². The second-order valence-electron chi connectivity index (χ2n) is 0. The van der Waals surface area contributed by atoms with Crippen molar-refractivity contribution in [3.8, 4) is 0 Å². The molecule has 0 amide bonds. The van der Waals surface area contributed by atoms with E-state index in [2.05, 4.69) is 0 Å². The summed E-state index contributed by atoms with van der Waals surface area (Å²) in [6.07, 6.45) is 0. The molecule has 0 unspecified atom stereocenters. The third kappa shape index (κ3) is 22.8. The quantitative estimate of drug-likeness (QED) is 0.330.